The summed E-state index contributed by atoms with van der Waals surface area (Å²) in [6.45, 7) is 6.44. The van der Waals surface area contributed by atoms with Gasteiger partial charge in [0.2, 0.25) is 0 Å². The summed E-state index contributed by atoms with van der Waals surface area (Å²) in [5.74, 6) is -1.49. The fourth-order valence-corrected chi connectivity index (χ4v) is 6.63. The van der Waals surface area contributed by atoms with Crippen molar-refractivity contribution in [3.05, 3.63) is 69.5 Å². The van der Waals surface area contributed by atoms with Gasteiger partial charge in [0.05, 0.1) is 34.1 Å². The standard InChI is InChI=1S/C28H31Cl2FN2O4S/c1-27(2,3)38(35,36)16-23(17-8-9-17)33-24(18-10-11-21(30)22(31)15-18)25(19-6-5-7-20(29)14-19)37-28(4,12-13-32)26(33)34/h5-7,10-11,14-15,17,23-25H,8-9,12,16H2,1-4H3/t23?,24?,25-,28-/m1/s1. The molecular weight excluding hydrogens is 550 g/mol. The highest BCUT2D eigenvalue weighted by Crippen LogP contribution is 2.51. The van der Waals surface area contributed by atoms with Gasteiger partial charge in [-0.05, 0) is 81.8 Å². The maximum absolute atomic E-state index is 14.8. The van der Waals surface area contributed by atoms with E-state index in [0.717, 1.165) is 12.8 Å². The highest BCUT2D eigenvalue weighted by atomic mass is 35.5. The van der Waals surface area contributed by atoms with E-state index in [-0.39, 0.29) is 23.1 Å². The molecule has 0 N–H and O–H groups in total. The number of ether oxygens (including phenoxy) is 1. The van der Waals surface area contributed by atoms with E-state index in [1.165, 1.54) is 12.1 Å². The van der Waals surface area contributed by atoms with Crippen LogP contribution < -0.4 is 0 Å². The van der Waals surface area contributed by atoms with Crippen molar-refractivity contribution >= 4 is 38.9 Å². The Morgan fingerprint density at radius 3 is 2.42 bits per heavy atom. The van der Waals surface area contributed by atoms with Crippen LogP contribution in [0, 0.1) is 23.1 Å². The second-order valence-corrected chi connectivity index (χ2v) is 14.9. The number of hydrogen-bond donors (Lipinski definition) is 0. The average Bonchev–Trinajstić information content (AvgIpc) is 3.66. The minimum atomic E-state index is -3.65. The average molecular weight is 582 g/mol. The van der Waals surface area contributed by atoms with Crippen LogP contribution >= 0.6 is 23.2 Å². The van der Waals surface area contributed by atoms with Crippen molar-refractivity contribution in [3.63, 3.8) is 0 Å². The number of sulfone groups is 1. The molecule has 1 heterocycles. The van der Waals surface area contributed by atoms with Crippen molar-refractivity contribution in [2.45, 2.75) is 75.5 Å². The van der Waals surface area contributed by atoms with Crippen molar-refractivity contribution < 1.29 is 22.3 Å². The first-order chi connectivity index (χ1) is 17.7. The number of hydrogen-bond acceptors (Lipinski definition) is 5. The highest BCUT2D eigenvalue weighted by molar-refractivity contribution is 7.92. The third-order valence-electron chi connectivity index (χ3n) is 7.39. The molecule has 6 nitrogen and oxygen atoms in total. The topological polar surface area (TPSA) is 87.5 Å². The number of morpholine rings is 1. The molecule has 0 bridgehead atoms. The lowest BCUT2D eigenvalue weighted by Gasteiger charge is -2.51. The van der Waals surface area contributed by atoms with Gasteiger partial charge in [0, 0.05) is 11.1 Å². The molecule has 10 heteroatoms. The molecule has 1 aliphatic carbocycles. The van der Waals surface area contributed by atoms with Crippen molar-refractivity contribution in [2.75, 3.05) is 5.75 Å². The fraction of sp³-hybridized carbons (Fsp3) is 0.500. The van der Waals surface area contributed by atoms with Gasteiger partial charge in [0.25, 0.3) is 5.91 Å². The molecular formula is C28H31Cl2FN2O4S. The minimum Gasteiger partial charge on any atom is -0.354 e. The Hall–Kier alpha value is -2.18. The number of rotatable bonds is 7. The van der Waals surface area contributed by atoms with Gasteiger partial charge in [0.1, 0.15) is 11.9 Å². The summed E-state index contributed by atoms with van der Waals surface area (Å²) >= 11 is 12.3. The summed E-state index contributed by atoms with van der Waals surface area (Å²) in [5, 5.41) is 9.97. The summed E-state index contributed by atoms with van der Waals surface area (Å²) in [6, 6.07) is 11.7. The van der Waals surface area contributed by atoms with Crippen molar-refractivity contribution in [1.29, 1.82) is 5.26 Å². The quantitative estimate of drug-likeness (QED) is 0.376. The van der Waals surface area contributed by atoms with Crippen LogP contribution in [0.5, 0.6) is 0 Å². The molecule has 1 aliphatic heterocycles. The predicted molar refractivity (Wildman–Crippen MR) is 145 cm³/mol. The van der Waals surface area contributed by atoms with Gasteiger partial charge in [-0.3, -0.25) is 4.79 Å². The van der Waals surface area contributed by atoms with Gasteiger partial charge in [0.15, 0.2) is 15.4 Å². The number of carbonyl (C=O) groups excluding carboxylic acids is 1. The summed E-state index contributed by atoms with van der Waals surface area (Å²) < 4.78 is 47.1. The van der Waals surface area contributed by atoms with Gasteiger partial charge in [-0.2, -0.15) is 5.26 Å². The largest absolute Gasteiger partial charge is 0.354 e. The Balaban J connectivity index is 1.96. The van der Waals surface area contributed by atoms with Crippen molar-refractivity contribution in [1.82, 2.24) is 4.90 Å². The monoisotopic (exact) mass is 580 g/mol. The number of nitrogens with zero attached hydrogens (tertiary/aromatic N) is 2. The van der Waals surface area contributed by atoms with Gasteiger partial charge < -0.3 is 9.64 Å². The molecule has 4 rings (SSSR count). The van der Waals surface area contributed by atoms with Crippen LogP contribution in [0.3, 0.4) is 0 Å². The SMILES string of the molecule is CC(C)(C)S(=O)(=O)CC(C1CC1)N1C(=O)[C@@](C)(CC#N)O[C@H](c2cccc(Cl)c2)C1c1ccc(Cl)c(F)c1. The lowest BCUT2D eigenvalue weighted by atomic mass is 9.86. The minimum absolute atomic E-state index is 0.0554. The molecule has 0 aromatic heterocycles. The van der Waals surface area contributed by atoms with Crippen LogP contribution in [0.4, 0.5) is 4.39 Å². The zero-order chi connectivity index (χ0) is 28.0. The molecule has 0 spiro atoms. The molecule has 2 unspecified atom stereocenters. The number of amides is 1. The normalized spacial score (nSPS) is 25.2. The Labute approximate surface area is 233 Å². The lowest BCUT2D eigenvalue weighted by molar-refractivity contribution is -0.201. The number of benzene rings is 2. The highest BCUT2D eigenvalue weighted by Gasteiger charge is 2.56. The van der Waals surface area contributed by atoms with Gasteiger partial charge >= 0.3 is 0 Å². The van der Waals surface area contributed by atoms with E-state index in [1.54, 1.807) is 62.9 Å². The maximum atomic E-state index is 14.8. The second-order valence-electron chi connectivity index (χ2n) is 11.3. The predicted octanol–water partition coefficient (Wildman–Crippen LogP) is 6.44. The Kier molecular flexibility index (Phi) is 7.90. The van der Waals surface area contributed by atoms with E-state index in [2.05, 4.69) is 0 Å². The molecule has 1 saturated heterocycles. The molecule has 1 amide bonds. The Bertz CT molecular complexity index is 1380. The van der Waals surface area contributed by atoms with Crippen LogP contribution in [-0.4, -0.2) is 41.4 Å². The van der Waals surface area contributed by atoms with Crippen molar-refractivity contribution in [2.24, 2.45) is 5.92 Å². The van der Waals surface area contributed by atoms with E-state index >= 15 is 0 Å². The number of nitriles is 1. The number of carbonyl (C=O) groups is 1. The third kappa shape index (κ3) is 5.58. The molecule has 204 valence electrons. The first-order valence-corrected chi connectivity index (χ1v) is 14.9. The molecule has 2 fully saturated rings. The summed E-state index contributed by atoms with van der Waals surface area (Å²) in [6.07, 6.45) is 0.412. The fourth-order valence-electron chi connectivity index (χ4n) is 4.93. The van der Waals surface area contributed by atoms with Crippen LogP contribution in [0.1, 0.15) is 70.2 Å². The molecule has 1 saturated carbocycles. The van der Waals surface area contributed by atoms with Gasteiger partial charge in [-0.15, -0.1) is 0 Å². The van der Waals surface area contributed by atoms with E-state index in [0.29, 0.717) is 16.1 Å². The van der Waals surface area contributed by atoms with E-state index in [1.807, 2.05) is 6.07 Å². The van der Waals surface area contributed by atoms with Gasteiger partial charge in [-0.1, -0.05) is 41.4 Å². The summed E-state index contributed by atoms with van der Waals surface area (Å²) in [7, 11) is -3.65. The molecule has 2 aliphatic rings. The molecule has 2 aromatic carbocycles. The Morgan fingerprint density at radius 2 is 1.87 bits per heavy atom. The summed E-state index contributed by atoms with van der Waals surface area (Å²) in [5.41, 5.74) is -0.530. The van der Waals surface area contributed by atoms with Gasteiger partial charge in [-0.25, -0.2) is 12.8 Å². The zero-order valence-corrected chi connectivity index (χ0v) is 24.1. The van der Waals surface area contributed by atoms with E-state index in [4.69, 9.17) is 27.9 Å². The van der Waals surface area contributed by atoms with Crippen LogP contribution in [-0.2, 0) is 19.4 Å². The lowest BCUT2D eigenvalue weighted by Crippen LogP contribution is -2.62. The Morgan fingerprint density at radius 1 is 1.18 bits per heavy atom. The van der Waals surface area contributed by atoms with Crippen molar-refractivity contribution in [3.8, 4) is 6.07 Å². The molecule has 2 aromatic rings. The molecule has 0 radical (unpaired) electrons. The van der Waals surface area contributed by atoms with E-state index in [9.17, 15) is 22.9 Å². The van der Waals surface area contributed by atoms with Crippen LogP contribution in [0.2, 0.25) is 10.0 Å². The first-order valence-electron chi connectivity index (χ1n) is 12.5. The van der Waals surface area contributed by atoms with Crippen LogP contribution in [0.15, 0.2) is 42.5 Å². The maximum Gasteiger partial charge on any atom is 0.256 e. The zero-order valence-electron chi connectivity index (χ0n) is 21.7. The third-order valence-corrected chi connectivity index (χ3v) is 10.6. The second kappa shape index (κ2) is 10.4. The molecule has 38 heavy (non-hydrogen) atoms. The summed E-state index contributed by atoms with van der Waals surface area (Å²) in [4.78, 5) is 15.8. The van der Waals surface area contributed by atoms with E-state index < -0.39 is 50.1 Å². The number of halogens is 3. The first kappa shape index (κ1) is 28.8. The van der Waals surface area contributed by atoms with Crippen LogP contribution in [0.25, 0.3) is 0 Å². The smallest absolute Gasteiger partial charge is 0.256 e. The molecule has 4 atom stereocenters.